The number of aryl methyl sites for hydroxylation is 2. The molecule has 0 fully saturated rings. The van der Waals surface area contributed by atoms with Crippen molar-refractivity contribution in [3.63, 3.8) is 0 Å². The fourth-order valence-corrected chi connectivity index (χ4v) is 3.87. The molecule has 0 aliphatic rings. The molecular formula is C18H29N3O2S. The number of unbranched alkanes of at least 4 members (excludes halogenated alkanes) is 2. The Morgan fingerprint density at radius 2 is 1.83 bits per heavy atom. The first-order chi connectivity index (χ1) is 11.5. The van der Waals surface area contributed by atoms with Crippen LogP contribution < -0.4 is 4.72 Å². The summed E-state index contributed by atoms with van der Waals surface area (Å²) in [6.45, 7) is 7.76. The largest absolute Gasteiger partial charge is 0.328 e. The molecule has 1 aromatic heterocycles. The molecule has 24 heavy (non-hydrogen) atoms. The molecule has 0 amide bonds. The van der Waals surface area contributed by atoms with E-state index in [1.165, 1.54) is 0 Å². The maximum atomic E-state index is 12.4. The first-order valence-electron chi connectivity index (χ1n) is 9.02. The quantitative estimate of drug-likeness (QED) is 0.661. The van der Waals surface area contributed by atoms with Gasteiger partial charge in [0, 0.05) is 19.5 Å². The maximum Gasteiger partial charge on any atom is 0.240 e. The minimum absolute atomic E-state index is 0.300. The molecule has 1 N–H and O–H groups in total. The highest BCUT2D eigenvalue weighted by molar-refractivity contribution is 7.89. The van der Waals surface area contributed by atoms with Crippen LogP contribution in [0.5, 0.6) is 0 Å². The van der Waals surface area contributed by atoms with E-state index in [0.717, 1.165) is 61.9 Å². The molecule has 1 aromatic carbocycles. The lowest BCUT2D eigenvalue weighted by atomic mass is 10.3. The number of sulfonamides is 1. The van der Waals surface area contributed by atoms with Crippen molar-refractivity contribution in [3.05, 3.63) is 24.0 Å². The van der Waals surface area contributed by atoms with Crippen LogP contribution in [0.15, 0.2) is 23.1 Å². The molecule has 2 aromatic rings. The number of rotatable bonds is 10. The SMILES string of the molecule is CCCCNS(=O)(=O)c1ccc2c(c1)nc(CCC)n2CCCC. The Bertz CT molecular complexity index is 766. The van der Waals surface area contributed by atoms with Gasteiger partial charge in [-0.1, -0.05) is 33.6 Å². The monoisotopic (exact) mass is 351 g/mol. The number of benzene rings is 1. The molecule has 2 rings (SSSR count). The lowest BCUT2D eigenvalue weighted by molar-refractivity contribution is 0.578. The lowest BCUT2D eigenvalue weighted by Gasteiger charge is -2.08. The van der Waals surface area contributed by atoms with Crippen LogP contribution >= 0.6 is 0 Å². The van der Waals surface area contributed by atoms with Gasteiger partial charge in [-0.15, -0.1) is 0 Å². The van der Waals surface area contributed by atoms with E-state index in [1.54, 1.807) is 12.1 Å². The number of hydrogen-bond acceptors (Lipinski definition) is 3. The zero-order valence-corrected chi connectivity index (χ0v) is 15.8. The van der Waals surface area contributed by atoms with Crippen LogP contribution in [0, 0.1) is 0 Å². The fraction of sp³-hybridized carbons (Fsp3) is 0.611. The molecular weight excluding hydrogens is 322 g/mol. The molecule has 0 spiro atoms. The second-order valence-corrected chi connectivity index (χ2v) is 7.95. The molecule has 134 valence electrons. The lowest BCUT2D eigenvalue weighted by Crippen LogP contribution is -2.24. The van der Waals surface area contributed by atoms with Crippen molar-refractivity contribution < 1.29 is 8.42 Å². The highest BCUT2D eigenvalue weighted by Gasteiger charge is 2.17. The normalized spacial score (nSPS) is 12.1. The Labute approximate surface area is 145 Å². The van der Waals surface area contributed by atoms with E-state index >= 15 is 0 Å². The molecule has 0 radical (unpaired) electrons. The van der Waals surface area contributed by atoms with Crippen LogP contribution in [0.2, 0.25) is 0 Å². The Morgan fingerprint density at radius 3 is 2.50 bits per heavy atom. The standard InChI is InChI=1S/C18H29N3O2S/c1-4-7-12-19-24(22,23)15-10-11-17-16(14-15)20-18(9-6-3)21(17)13-8-5-2/h10-11,14,19H,4-9,12-13H2,1-3H3. The van der Waals surface area contributed by atoms with E-state index in [2.05, 4.69) is 23.1 Å². The van der Waals surface area contributed by atoms with E-state index < -0.39 is 10.0 Å². The molecule has 0 saturated heterocycles. The molecule has 0 aliphatic carbocycles. The third-order valence-corrected chi connectivity index (χ3v) is 5.60. The van der Waals surface area contributed by atoms with Gasteiger partial charge in [0.05, 0.1) is 15.9 Å². The molecule has 1 heterocycles. The average molecular weight is 352 g/mol. The predicted octanol–water partition coefficient (Wildman–Crippen LogP) is 3.87. The van der Waals surface area contributed by atoms with Crippen molar-refractivity contribution in [1.82, 2.24) is 14.3 Å². The Balaban J connectivity index is 2.36. The predicted molar refractivity (Wildman–Crippen MR) is 98.7 cm³/mol. The van der Waals surface area contributed by atoms with Crippen molar-refractivity contribution >= 4 is 21.1 Å². The van der Waals surface area contributed by atoms with Gasteiger partial charge >= 0.3 is 0 Å². The van der Waals surface area contributed by atoms with Crippen LogP contribution in [-0.4, -0.2) is 24.5 Å². The molecule has 6 heteroatoms. The van der Waals surface area contributed by atoms with E-state index in [-0.39, 0.29) is 0 Å². The molecule has 0 aliphatic heterocycles. The maximum absolute atomic E-state index is 12.4. The van der Waals surface area contributed by atoms with Crippen molar-refractivity contribution in [2.45, 2.75) is 70.7 Å². The first kappa shape index (κ1) is 18.9. The summed E-state index contributed by atoms with van der Waals surface area (Å²) >= 11 is 0. The van der Waals surface area contributed by atoms with E-state index in [4.69, 9.17) is 4.98 Å². The topological polar surface area (TPSA) is 64.0 Å². The minimum Gasteiger partial charge on any atom is -0.328 e. The molecule has 5 nitrogen and oxygen atoms in total. The van der Waals surface area contributed by atoms with Gasteiger partial charge in [-0.3, -0.25) is 0 Å². The van der Waals surface area contributed by atoms with Gasteiger partial charge in [0.1, 0.15) is 5.82 Å². The van der Waals surface area contributed by atoms with Gasteiger partial charge in [0.2, 0.25) is 10.0 Å². The summed E-state index contributed by atoms with van der Waals surface area (Å²) in [4.78, 5) is 5.00. The third-order valence-electron chi connectivity index (χ3n) is 4.14. The van der Waals surface area contributed by atoms with Crippen LogP contribution in [0.25, 0.3) is 11.0 Å². The molecule has 0 bridgehead atoms. The number of hydrogen-bond donors (Lipinski definition) is 1. The van der Waals surface area contributed by atoms with Crippen LogP contribution in [0.3, 0.4) is 0 Å². The average Bonchev–Trinajstić information content (AvgIpc) is 2.90. The van der Waals surface area contributed by atoms with Crippen molar-refractivity contribution in [3.8, 4) is 0 Å². The summed E-state index contributed by atoms with van der Waals surface area (Å²) in [5, 5.41) is 0. The van der Waals surface area contributed by atoms with Crippen molar-refractivity contribution in [2.24, 2.45) is 0 Å². The molecule has 0 saturated carbocycles. The highest BCUT2D eigenvalue weighted by Crippen LogP contribution is 2.22. The van der Waals surface area contributed by atoms with Crippen LogP contribution in [-0.2, 0) is 23.0 Å². The van der Waals surface area contributed by atoms with E-state index in [9.17, 15) is 8.42 Å². The zero-order chi connectivity index (χ0) is 17.6. The number of nitrogens with one attached hydrogen (secondary N) is 1. The number of imidazole rings is 1. The smallest absolute Gasteiger partial charge is 0.240 e. The summed E-state index contributed by atoms with van der Waals surface area (Å²) in [5.74, 6) is 1.05. The van der Waals surface area contributed by atoms with E-state index in [1.807, 2.05) is 13.0 Å². The number of aromatic nitrogens is 2. The summed E-state index contributed by atoms with van der Waals surface area (Å²) in [7, 11) is -3.46. The Hall–Kier alpha value is -1.40. The number of nitrogens with zero attached hydrogens (tertiary/aromatic N) is 2. The Kier molecular flexibility index (Phi) is 6.80. The summed E-state index contributed by atoms with van der Waals surface area (Å²) in [6, 6.07) is 5.28. The fourth-order valence-electron chi connectivity index (χ4n) is 2.77. The Morgan fingerprint density at radius 1 is 1.08 bits per heavy atom. The first-order valence-corrected chi connectivity index (χ1v) is 10.5. The van der Waals surface area contributed by atoms with Gasteiger partial charge in [-0.05, 0) is 37.5 Å². The number of fused-ring (bicyclic) bond motifs is 1. The molecule has 0 unspecified atom stereocenters. The summed E-state index contributed by atoms with van der Waals surface area (Å²) in [5.41, 5.74) is 1.80. The van der Waals surface area contributed by atoms with Gasteiger partial charge < -0.3 is 4.57 Å². The van der Waals surface area contributed by atoms with Gasteiger partial charge in [0.15, 0.2) is 0 Å². The minimum atomic E-state index is -3.46. The van der Waals surface area contributed by atoms with Crippen LogP contribution in [0.1, 0.15) is 58.7 Å². The summed E-state index contributed by atoms with van der Waals surface area (Å²) < 4.78 is 29.7. The van der Waals surface area contributed by atoms with Crippen molar-refractivity contribution in [1.29, 1.82) is 0 Å². The third kappa shape index (κ3) is 4.36. The highest BCUT2D eigenvalue weighted by atomic mass is 32.2. The molecule has 0 atom stereocenters. The van der Waals surface area contributed by atoms with Crippen LogP contribution in [0.4, 0.5) is 0 Å². The second kappa shape index (κ2) is 8.62. The van der Waals surface area contributed by atoms with Gasteiger partial charge in [-0.25, -0.2) is 18.1 Å². The van der Waals surface area contributed by atoms with E-state index in [0.29, 0.717) is 11.4 Å². The summed E-state index contributed by atoms with van der Waals surface area (Å²) in [6.07, 6.45) is 5.96. The second-order valence-electron chi connectivity index (χ2n) is 6.19. The van der Waals surface area contributed by atoms with Gasteiger partial charge in [0.25, 0.3) is 0 Å². The van der Waals surface area contributed by atoms with Crippen molar-refractivity contribution in [2.75, 3.05) is 6.54 Å². The van der Waals surface area contributed by atoms with Gasteiger partial charge in [-0.2, -0.15) is 0 Å². The zero-order valence-electron chi connectivity index (χ0n) is 15.0.